The Kier molecular flexibility index (Phi) is 10.7. The molecule has 0 heterocycles. The molecule has 0 rings (SSSR count). The maximum Gasteiger partial charge on any atom is 0.223 e. The molecule has 22 heavy (non-hydrogen) atoms. The Morgan fingerprint density at radius 3 is 2.36 bits per heavy atom. The molecule has 2 N–H and O–H groups in total. The summed E-state index contributed by atoms with van der Waals surface area (Å²) < 4.78 is 0. The first-order valence-corrected chi connectivity index (χ1v) is 8.54. The van der Waals surface area contributed by atoms with Crippen molar-refractivity contribution in [2.24, 2.45) is 10.4 Å². The van der Waals surface area contributed by atoms with Crippen LogP contribution in [0.2, 0.25) is 0 Å². The van der Waals surface area contributed by atoms with Crippen molar-refractivity contribution in [3.8, 4) is 0 Å². The Hall–Kier alpha value is -1.26. The van der Waals surface area contributed by atoms with Crippen LogP contribution in [0.5, 0.6) is 0 Å². The number of rotatable bonds is 10. The molecule has 0 spiro atoms. The molecule has 5 nitrogen and oxygen atoms in total. The zero-order valence-corrected chi connectivity index (χ0v) is 15.5. The second kappa shape index (κ2) is 11.3. The Bertz CT molecular complexity index is 338. The third-order valence-corrected chi connectivity index (χ3v) is 3.60. The predicted molar refractivity (Wildman–Crippen MR) is 95.2 cm³/mol. The van der Waals surface area contributed by atoms with Crippen molar-refractivity contribution in [3.05, 3.63) is 0 Å². The number of nitrogens with one attached hydrogen (secondary N) is 2. The van der Waals surface area contributed by atoms with Crippen molar-refractivity contribution in [2.45, 2.75) is 59.8 Å². The second-order valence-electron chi connectivity index (χ2n) is 6.78. The molecule has 1 amide bonds. The molecule has 0 aliphatic heterocycles. The summed E-state index contributed by atoms with van der Waals surface area (Å²) in [6.45, 7) is 11.1. The van der Waals surface area contributed by atoms with Gasteiger partial charge in [0.15, 0.2) is 5.96 Å². The van der Waals surface area contributed by atoms with Crippen molar-refractivity contribution >= 4 is 11.9 Å². The first-order chi connectivity index (χ1) is 10.3. The summed E-state index contributed by atoms with van der Waals surface area (Å²) in [6, 6.07) is 0. The lowest BCUT2D eigenvalue weighted by atomic mass is 9.87. The lowest BCUT2D eigenvalue weighted by molar-refractivity contribution is -0.128. The number of nitrogens with zero attached hydrogens (tertiary/aromatic N) is 2. The number of guanidine groups is 1. The molecule has 0 atom stereocenters. The third kappa shape index (κ3) is 10.5. The van der Waals surface area contributed by atoms with Gasteiger partial charge in [0.1, 0.15) is 0 Å². The quantitative estimate of drug-likeness (QED) is 0.370. The highest BCUT2D eigenvalue weighted by atomic mass is 16.2. The maximum absolute atomic E-state index is 11.6. The van der Waals surface area contributed by atoms with Gasteiger partial charge in [-0.15, -0.1) is 0 Å². The molecule has 0 aliphatic carbocycles. The van der Waals surface area contributed by atoms with Gasteiger partial charge < -0.3 is 15.5 Å². The number of amides is 1. The highest BCUT2D eigenvalue weighted by Gasteiger charge is 2.17. The minimum Gasteiger partial charge on any atom is -0.357 e. The summed E-state index contributed by atoms with van der Waals surface area (Å²) >= 11 is 0. The fourth-order valence-electron chi connectivity index (χ4n) is 2.08. The molecule has 0 fully saturated rings. The number of unbranched alkanes of at least 4 members (excludes halogenated alkanes) is 2. The third-order valence-electron chi connectivity index (χ3n) is 3.60. The lowest BCUT2D eigenvalue weighted by Gasteiger charge is -2.23. The summed E-state index contributed by atoms with van der Waals surface area (Å²) in [5.74, 6) is 0.931. The van der Waals surface area contributed by atoms with Gasteiger partial charge in [-0.05, 0) is 18.8 Å². The van der Waals surface area contributed by atoms with E-state index in [1.165, 1.54) is 25.7 Å². The molecular weight excluding hydrogens is 276 g/mol. The van der Waals surface area contributed by atoms with Crippen molar-refractivity contribution in [3.63, 3.8) is 0 Å². The molecule has 0 aromatic rings. The van der Waals surface area contributed by atoms with E-state index in [9.17, 15) is 4.79 Å². The van der Waals surface area contributed by atoms with Gasteiger partial charge in [-0.3, -0.25) is 9.79 Å². The van der Waals surface area contributed by atoms with E-state index in [0.29, 0.717) is 13.0 Å². The number of hydrogen-bond donors (Lipinski definition) is 2. The van der Waals surface area contributed by atoms with Crippen molar-refractivity contribution in [1.82, 2.24) is 15.5 Å². The van der Waals surface area contributed by atoms with Crippen LogP contribution in [0.4, 0.5) is 0 Å². The molecular formula is C17H36N4O. The molecule has 0 aromatic carbocycles. The largest absolute Gasteiger partial charge is 0.357 e. The molecule has 0 aromatic heterocycles. The standard InChI is InChI=1S/C17H36N4O/c1-7-9-10-12-17(3,4)14-20-16(18-8-2)19-13-11-15(22)21(5)6/h7-14H2,1-6H3,(H2,18,19,20). The normalized spacial score (nSPS) is 12.2. The topological polar surface area (TPSA) is 56.7 Å². The van der Waals surface area contributed by atoms with E-state index in [2.05, 4.69) is 43.3 Å². The van der Waals surface area contributed by atoms with Crippen LogP contribution in [-0.4, -0.2) is 50.5 Å². The van der Waals surface area contributed by atoms with Crippen LogP contribution in [0.15, 0.2) is 4.99 Å². The highest BCUT2D eigenvalue weighted by Crippen LogP contribution is 2.23. The number of hydrogen-bond acceptors (Lipinski definition) is 2. The number of aliphatic imine (C=N–C) groups is 1. The van der Waals surface area contributed by atoms with Gasteiger partial charge in [0, 0.05) is 40.2 Å². The Morgan fingerprint density at radius 2 is 1.82 bits per heavy atom. The minimum absolute atomic E-state index is 0.128. The van der Waals surface area contributed by atoms with Gasteiger partial charge in [0.05, 0.1) is 0 Å². The van der Waals surface area contributed by atoms with E-state index in [1.54, 1.807) is 19.0 Å². The molecule has 0 bridgehead atoms. The number of carbonyl (C=O) groups is 1. The van der Waals surface area contributed by atoms with Crippen LogP contribution in [0.25, 0.3) is 0 Å². The SMILES string of the molecule is CCCCCC(C)(C)CN=C(NCC)NCCC(=O)N(C)C. The predicted octanol–water partition coefficient (Wildman–Crippen LogP) is 2.63. The average molecular weight is 313 g/mol. The Morgan fingerprint density at radius 1 is 1.14 bits per heavy atom. The molecule has 0 aliphatic rings. The van der Waals surface area contributed by atoms with E-state index >= 15 is 0 Å². The lowest BCUT2D eigenvalue weighted by Crippen LogP contribution is -2.40. The van der Waals surface area contributed by atoms with Gasteiger partial charge in [-0.25, -0.2) is 0 Å². The molecule has 5 heteroatoms. The van der Waals surface area contributed by atoms with Gasteiger partial charge in [-0.1, -0.05) is 40.0 Å². The monoisotopic (exact) mass is 312 g/mol. The second-order valence-corrected chi connectivity index (χ2v) is 6.78. The first kappa shape index (κ1) is 20.7. The summed E-state index contributed by atoms with van der Waals surface area (Å²) in [5.41, 5.74) is 0.219. The molecule has 130 valence electrons. The summed E-state index contributed by atoms with van der Waals surface area (Å²) in [6.07, 6.45) is 5.49. The number of carbonyl (C=O) groups excluding carboxylic acids is 1. The summed E-state index contributed by atoms with van der Waals surface area (Å²) in [5, 5.41) is 6.48. The van der Waals surface area contributed by atoms with Crippen LogP contribution in [0.3, 0.4) is 0 Å². The minimum atomic E-state index is 0.128. The van der Waals surface area contributed by atoms with Crippen molar-refractivity contribution in [2.75, 3.05) is 33.7 Å². The zero-order valence-electron chi connectivity index (χ0n) is 15.5. The van der Waals surface area contributed by atoms with Crippen LogP contribution in [0.1, 0.15) is 59.8 Å². The van der Waals surface area contributed by atoms with Crippen LogP contribution in [-0.2, 0) is 4.79 Å². The van der Waals surface area contributed by atoms with Crippen molar-refractivity contribution in [1.29, 1.82) is 0 Å². The maximum atomic E-state index is 11.6. The van der Waals surface area contributed by atoms with E-state index in [4.69, 9.17) is 0 Å². The van der Waals surface area contributed by atoms with E-state index in [-0.39, 0.29) is 11.3 Å². The molecule has 0 saturated carbocycles. The van der Waals surface area contributed by atoms with E-state index < -0.39 is 0 Å². The van der Waals surface area contributed by atoms with Crippen molar-refractivity contribution < 1.29 is 4.79 Å². The van der Waals surface area contributed by atoms with Gasteiger partial charge >= 0.3 is 0 Å². The summed E-state index contributed by atoms with van der Waals surface area (Å²) in [4.78, 5) is 17.9. The van der Waals surface area contributed by atoms with Gasteiger partial charge in [0.25, 0.3) is 0 Å². The Labute approximate surface area is 136 Å². The molecule has 0 radical (unpaired) electrons. The summed E-state index contributed by atoms with van der Waals surface area (Å²) in [7, 11) is 3.56. The van der Waals surface area contributed by atoms with Crippen LogP contribution >= 0.6 is 0 Å². The van der Waals surface area contributed by atoms with Gasteiger partial charge in [0.2, 0.25) is 5.91 Å². The molecule has 0 saturated heterocycles. The first-order valence-electron chi connectivity index (χ1n) is 8.54. The van der Waals surface area contributed by atoms with Crippen LogP contribution in [0, 0.1) is 5.41 Å². The van der Waals surface area contributed by atoms with Crippen LogP contribution < -0.4 is 10.6 Å². The van der Waals surface area contributed by atoms with E-state index in [0.717, 1.165) is 19.0 Å². The fraction of sp³-hybridized carbons (Fsp3) is 0.882. The molecule has 0 unspecified atom stereocenters. The average Bonchev–Trinajstić information content (AvgIpc) is 2.44. The van der Waals surface area contributed by atoms with Gasteiger partial charge in [-0.2, -0.15) is 0 Å². The highest BCUT2D eigenvalue weighted by molar-refractivity contribution is 5.81. The smallest absolute Gasteiger partial charge is 0.223 e. The fourth-order valence-corrected chi connectivity index (χ4v) is 2.08. The Balaban J connectivity index is 4.32. The van der Waals surface area contributed by atoms with E-state index in [1.807, 2.05) is 0 Å². The zero-order chi connectivity index (χ0) is 17.0.